The molecule has 2 amide bonds. The summed E-state index contributed by atoms with van der Waals surface area (Å²) in [4.78, 5) is 39.1. The molecule has 0 saturated heterocycles. The molecule has 6 nitrogen and oxygen atoms in total. The fraction of sp³-hybridized carbons (Fsp3) is 0.0800. The molecule has 1 aliphatic heterocycles. The predicted molar refractivity (Wildman–Crippen MR) is 128 cm³/mol. The zero-order valence-electron chi connectivity index (χ0n) is 17.7. The van der Waals surface area contributed by atoms with Crippen LogP contribution in [0.2, 0.25) is 5.02 Å². The number of nitrogens with one attached hydrogen (secondary N) is 1. The summed E-state index contributed by atoms with van der Waals surface area (Å²) in [5.74, 6) is -1.49. The average molecular weight is 481 g/mol. The average Bonchev–Trinajstić information content (AvgIpc) is 2.98. The number of benzene rings is 3. The van der Waals surface area contributed by atoms with E-state index in [4.69, 9.17) is 27.9 Å². The van der Waals surface area contributed by atoms with Crippen molar-refractivity contribution in [3.8, 4) is 5.75 Å². The lowest BCUT2D eigenvalue weighted by Crippen LogP contribution is -2.32. The van der Waals surface area contributed by atoms with Crippen LogP contribution in [-0.4, -0.2) is 17.8 Å². The Morgan fingerprint density at radius 2 is 1.52 bits per heavy atom. The van der Waals surface area contributed by atoms with Gasteiger partial charge in [0.2, 0.25) is 0 Å². The second-order valence-electron chi connectivity index (χ2n) is 7.50. The van der Waals surface area contributed by atoms with Gasteiger partial charge in [0.15, 0.2) is 0 Å². The van der Waals surface area contributed by atoms with Gasteiger partial charge in [-0.1, -0.05) is 41.4 Å². The summed E-state index contributed by atoms with van der Waals surface area (Å²) in [6.07, 6.45) is 0. The minimum atomic E-state index is -0.603. The van der Waals surface area contributed by atoms with Crippen molar-refractivity contribution in [2.45, 2.75) is 13.8 Å². The van der Waals surface area contributed by atoms with E-state index in [-0.39, 0.29) is 22.0 Å². The van der Waals surface area contributed by atoms with Crippen molar-refractivity contribution in [2.24, 2.45) is 0 Å². The van der Waals surface area contributed by atoms with Crippen LogP contribution in [0.1, 0.15) is 21.5 Å². The number of aryl methyl sites for hydroxylation is 2. The van der Waals surface area contributed by atoms with Crippen LogP contribution in [0, 0.1) is 13.8 Å². The number of imide groups is 1. The Morgan fingerprint density at radius 1 is 0.879 bits per heavy atom. The summed E-state index contributed by atoms with van der Waals surface area (Å²) >= 11 is 12.2. The molecule has 3 aromatic carbocycles. The molecule has 0 aliphatic carbocycles. The van der Waals surface area contributed by atoms with Crippen LogP contribution in [-0.2, 0) is 9.59 Å². The molecule has 0 bridgehead atoms. The first-order chi connectivity index (χ1) is 15.7. The molecule has 0 saturated carbocycles. The first-order valence-electron chi connectivity index (χ1n) is 9.95. The van der Waals surface area contributed by atoms with Crippen molar-refractivity contribution in [3.05, 3.63) is 99.2 Å². The first-order valence-corrected chi connectivity index (χ1v) is 10.7. The molecule has 3 aromatic rings. The summed E-state index contributed by atoms with van der Waals surface area (Å²) in [6, 6.07) is 18.3. The van der Waals surface area contributed by atoms with Gasteiger partial charge in [-0.15, -0.1) is 0 Å². The van der Waals surface area contributed by atoms with Crippen molar-refractivity contribution in [1.82, 2.24) is 0 Å². The number of hydrogen-bond acceptors (Lipinski definition) is 5. The smallest absolute Gasteiger partial charge is 0.343 e. The Kier molecular flexibility index (Phi) is 6.22. The van der Waals surface area contributed by atoms with Crippen LogP contribution >= 0.6 is 23.2 Å². The van der Waals surface area contributed by atoms with Crippen LogP contribution in [0.5, 0.6) is 5.75 Å². The van der Waals surface area contributed by atoms with E-state index in [1.54, 1.807) is 48.5 Å². The summed E-state index contributed by atoms with van der Waals surface area (Å²) in [5, 5.41) is 3.00. The van der Waals surface area contributed by atoms with E-state index >= 15 is 0 Å². The lowest BCUT2D eigenvalue weighted by molar-refractivity contribution is -0.120. The van der Waals surface area contributed by atoms with Gasteiger partial charge in [-0.2, -0.15) is 0 Å². The number of carbonyl (C=O) groups excluding carboxylic acids is 3. The molecule has 0 spiro atoms. The molecule has 1 N–H and O–H groups in total. The van der Waals surface area contributed by atoms with Gasteiger partial charge in [0.05, 0.1) is 16.3 Å². The maximum absolute atomic E-state index is 13.0. The highest BCUT2D eigenvalue weighted by Gasteiger charge is 2.39. The highest BCUT2D eigenvalue weighted by Crippen LogP contribution is 2.31. The third-order valence-corrected chi connectivity index (χ3v) is 5.58. The van der Waals surface area contributed by atoms with Gasteiger partial charge in [0, 0.05) is 5.69 Å². The highest BCUT2D eigenvalue weighted by molar-refractivity contribution is 6.53. The number of amides is 2. The SMILES string of the molecule is Cc1cc(C)cc(N2C(=O)C(Cl)=C(Nc3ccc(C(=O)Oc4ccccc4Cl)cc3)C2=O)c1. The quantitative estimate of drug-likeness (QED) is 0.291. The van der Waals surface area contributed by atoms with Gasteiger partial charge in [-0.3, -0.25) is 9.59 Å². The lowest BCUT2D eigenvalue weighted by atomic mass is 10.1. The minimum absolute atomic E-state index is 0.0350. The van der Waals surface area contributed by atoms with E-state index in [1.165, 1.54) is 12.1 Å². The second-order valence-corrected chi connectivity index (χ2v) is 8.29. The van der Waals surface area contributed by atoms with E-state index < -0.39 is 17.8 Å². The van der Waals surface area contributed by atoms with Gasteiger partial charge < -0.3 is 10.1 Å². The number of nitrogens with zero attached hydrogens (tertiary/aromatic N) is 1. The van der Waals surface area contributed by atoms with E-state index in [0.29, 0.717) is 16.4 Å². The van der Waals surface area contributed by atoms with Crippen molar-refractivity contribution >= 4 is 52.4 Å². The molecule has 0 fully saturated rings. The molecule has 1 aliphatic rings. The molecule has 33 heavy (non-hydrogen) atoms. The van der Waals surface area contributed by atoms with Gasteiger partial charge in [-0.25, -0.2) is 9.69 Å². The van der Waals surface area contributed by atoms with E-state index in [0.717, 1.165) is 16.0 Å². The Balaban J connectivity index is 1.50. The Labute approximate surface area is 200 Å². The van der Waals surface area contributed by atoms with Crippen LogP contribution < -0.4 is 15.0 Å². The van der Waals surface area contributed by atoms with E-state index in [2.05, 4.69) is 5.32 Å². The molecule has 1 heterocycles. The third kappa shape index (κ3) is 4.62. The Bertz CT molecular complexity index is 1300. The number of ether oxygens (including phenoxy) is 1. The minimum Gasteiger partial charge on any atom is -0.421 e. The summed E-state index contributed by atoms with van der Waals surface area (Å²) in [6.45, 7) is 3.77. The van der Waals surface area contributed by atoms with Gasteiger partial charge in [0.1, 0.15) is 16.5 Å². The van der Waals surface area contributed by atoms with Crippen molar-refractivity contribution < 1.29 is 19.1 Å². The number of carbonyl (C=O) groups is 3. The molecule has 0 aromatic heterocycles. The summed E-state index contributed by atoms with van der Waals surface area (Å²) in [5.41, 5.74) is 3.01. The van der Waals surface area contributed by atoms with Gasteiger partial charge in [0.25, 0.3) is 11.8 Å². The number of esters is 1. The standard InChI is InChI=1S/C25H18Cl2N2O4/c1-14-11-15(2)13-18(12-14)29-23(30)21(27)22(24(29)31)28-17-9-7-16(8-10-17)25(32)33-20-6-4-3-5-19(20)26/h3-13,28H,1-2H3. The summed E-state index contributed by atoms with van der Waals surface area (Å²) in [7, 11) is 0. The van der Waals surface area contributed by atoms with Crippen LogP contribution in [0.3, 0.4) is 0 Å². The zero-order valence-corrected chi connectivity index (χ0v) is 19.2. The maximum Gasteiger partial charge on any atom is 0.343 e. The van der Waals surface area contributed by atoms with Gasteiger partial charge >= 0.3 is 5.97 Å². The molecule has 4 rings (SSSR count). The first kappa shape index (κ1) is 22.6. The fourth-order valence-electron chi connectivity index (χ4n) is 3.45. The van der Waals surface area contributed by atoms with Crippen molar-refractivity contribution in [1.29, 1.82) is 0 Å². The number of rotatable bonds is 5. The molecular weight excluding hydrogens is 463 g/mol. The lowest BCUT2D eigenvalue weighted by Gasteiger charge is -2.16. The fourth-order valence-corrected chi connectivity index (χ4v) is 3.83. The Hall–Kier alpha value is -3.61. The number of para-hydroxylation sites is 1. The molecular formula is C25H18Cl2N2O4. The topological polar surface area (TPSA) is 75.7 Å². The van der Waals surface area contributed by atoms with Gasteiger partial charge in [-0.05, 0) is 73.5 Å². The largest absolute Gasteiger partial charge is 0.421 e. The monoisotopic (exact) mass is 480 g/mol. The van der Waals surface area contributed by atoms with Crippen LogP contribution in [0.15, 0.2) is 77.5 Å². The third-order valence-electron chi connectivity index (χ3n) is 4.92. The summed E-state index contributed by atoms with van der Waals surface area (Å²) < 4.78 is 5.31. The molecule has 0 unspecified atom stereocenters. The predicted octanol–water partition coefficient (Wildman–Crippen LogP) is 5.61. The molecule has 0 radical (unpaired) electrons. The number of anilines is 2. The molecule has 0 atom stereocenters. The molecule has 8 heteroatoms. The van der Waals surface area contributed by atoms with Crippen LogP contribution in [0.25, 0.3) is 0 Å². The van der Waals surface area contributed by atoms with Crippen molar-refractivity contribution in [2.75, 3.05) is 10.2 Å². The maximum atomic E-state index is 13.0. The van der Waals surface area contributed by atoms with Crippen molar-refractivity contribution in [3.63, 3.8) is 0 Å². The molecule has 166 valence electrons. The zero-order chi connectivity index (χ0) is 23.7. The van der Waals surface area contributed by atoms with E-state index in [9.17, 15) is 14.4 Å². The Morgan fingerprint density at radius 3 is 2.15 bits per heavy atom. The van der Waals surface area contributed by atoms with E-state index in [1.807, 2.05) is 19.9 Å². The second kappa shape index (κ2) is 9.10. The van der Waals surface area contributed by atoms with Crippen LogP contribution in [0.4, 0.5) is 11.4 Å². The number of hydrogen-bond donors (Lipinski definition) is 1. The highest BCUT2D eigenvalue weighted by atomic mass is 35.5. The number of halogens is 2. The normalized spacial score (nSPS) is 13.5.